The normalized spacial score (nSPS) is 18.8. The van der Waals surface area contributed by atoms with Crippen LogP contribution in [0.3, 0.4) is 0 Å². The molecular formula is C25H27N7. The summed E-state index contributed by atoms with van der Waals surface area (Å²) >= 11 is 0. The van der Waals surface area contributed by atoms with Gasteiger partial charge in [0.05, 0.1) is 11.7 Å². The van der Waals surface area contributed by atoms with Crippen molar-refractivity contribution < 1.29 is 0 Å². The number of H-pyrrole nitrogens is 1. The molecule has 32 heavy (non-hydrogen) atoms. The van der Waals surface area contributed by atoms with Gasteiger partial charge in [0.2, 0.25) is 5.95 Å². The number of rotatable bonds is 4. The molecule has 0 saturated carbocycles. The van der Waals surface area contributed by atoms with Crippen LogP contribution in [0.25, 0.3) is 10.9 Å². The zero-order chi connectivity index (χ0) is 21.5. The van der Waals surface area contributed by atoms with Crippen LogP contribution in [0, 0.1) is 12.8 Å². The van der Waals surface area contributed by atoms with Gasteiger partial charge < -0.3 is 15.5 Å². The van der Waals surface area contributed by atoms with Crippen LogP contribution in [0.4, 0.5) is 23.1 Å². The van der Waals surface area contributed by atoms with Gasteiger partial charge in [0.25, 0.3) is 0 Å². The zero-order valence-corrected chi connectivity index (χ0v) is 18.2. The van der Waals surface area contributed by atoms with Crippen molar-refractivity contribution in [2.45, 2.75) is 25.7 Å². The van der Waals surface area contributed by atoms with Crippen molar-refractivity contribution in [1.29, 1.82) is 0 Å². The molecule has 3 N–H and O–H groups in total. The van der Waals surface area contributed by atoms with Gasteiger partial charge >= 0.3 is 0 Å². The molecule has 162 valence electrons. The van der Waals surface area contributed by atoms with Crippen LogP contribution in [0.1, 0.15) is 30.0 Å². The molecule has 0 radical (unpaired) electrons. The number of anilines is 4. The average Bonchev–Trinajstić information content (AvgIpc) is 3.44. The highest BCUT2D eigenvalue weighted by Gasteiger charge is 2.36. The van der Waals surface area contributed by atoms with Crippen molar-refractivity contribution >= 4 is 34.0 Å². The van der Waals surface area contributed by atoms with Gasteiger partial charge in [0.1, 0.15) is 5.82 Å². The first-order valence-corrected chi connectivity index (χ1v) is 11.4. The molecule has 0 aliphatic carbocycles. The second-order valence-corrected chi connectivity index (χ2v) is 8.85. The summed E-state index contributed by atoms with van der Waals surface area (Å²) in [5.41, 5.74) is 5.63. The molecule has 1 atom stereocenters. The Kier molecular flexibility index (Phi) is 4.76. The summed E-state index contributed by atoms with van der Waals surface area (Å²) in [6, 6.07) is 16.9. The van der Waals surface area contributed by atoms with E-state index in [9.17, 15) is 0 Å². The van der Waals surface area contributed by atoms with Crippen molar-refractivity contribution in [3.8, 4) is 0 Å². The number of aromatic nitrogens is 4. The second-order valence-electron chi connectivity index (χ2n) is 8.85. The number of piperidine rings is 1. The van der Waals surface area contributed by atoms with E-state index in [1.165, 1.54) is 24.1 Å². The molecule has 2 aliphatic rings. The fraction of sp³-hybridized carbons (Fsp3) is 0.320. The van der Waals surface area contributed by atoms with Crippen molar-refractivity contribution in [3.05, 3.63) is 66.0 Å². The van der Waals surface area contributed by atoms with Crippen LogP contribution in [-0.2, 0) is 0 Å². The number of benzene rings is 2. The Labute approximate surface area is 187 Å². The average molecular weight is 426 g/mol. The lowest BCUT2D eigenvalue weighted by Gasteiger charge is -2.28. The maximum absolute atomic E-state index is 4.92. The molecule has 7 heteroatoms. The third-order valence-corrected chi connectivity index (χ3v) is 6.76. The first-order valence-electron chi connectivity index (χ1n) is 11.4. The van der Waals surface area contributed by atoms with Crippen molar-refractivity contribution in [1.82, 2.24) is 25.5 Å². The van der Waals surface area contributed by atoms with E-state index in [0.717, 1.165) is 53.7 Å². The number of aromatic amines is 1. The number of aryl methyl sites for hydroxylation is 1. The maximum atomic E-state index is 4.92. The summed E-state index contributed by atoms with van der Waals surface area (Å²) < 4.78 is 0. The van der Waals surface area contributed by atoms with E-state index in [2.05, 4.69) is 56.1 Å². The van der Waals surface area contributed by atoms with E-state index in [4.69, 9.17) is 9.97 Å². The largest absolute Gasteiger partial charge is 0.340 e. The number of para-hydroxylation sites is 1. The first kappa shape index (κ1) is 19.3. The first-order chi connectivity index (χ1) is 15.7. The lowest BCUT2D eigenvalue weighted by molar-refractivity contribution is 0.327. The summed E-state index contributed by atoms with van der Waals surface area (Å²) in [5.74, 6) is 2.79. The molecule has 1 fully saturated rings. The molecule has 4 heterocycles. The summed E-state index contributed by atoms with van der Waals surface area (Å²) in [6.45, 7) is 5.19. The second kappa shape index (κ2) is 7.91. The van der Waals surface area contributed by atoms with Gasteiger partial charge in [-0.1, -0.05) is 18.2 Å². The Balaban J connectivity index is 1.32. The quantitative estimate of drug-likeness (QED) is 0.442. The van der Waals surface area contributed by atoms with Crippen LogP contribution in [0.15, 0.2) is 54.7 Å². The molecule has 2 aliphatic heterocycles. The lowest BCUT2D eigenvalue weighted by Crippen LogP contribution is -2.32. The van der Waals surface area contributed by atoms with Crippen molar-refractivity contribution in [2.75, 3.05) is 29.9 Å². The summed E-state index contributed by atoms with van der Waals surface area (Å²) in [5, 5.41) is 15.1. The van der Waals surface area contributed by atoms with Crippen LogP contribution in [0.5, 0.6) is 0 Å². The topological polar surface area (TPSA) is 81.8 Å². The van der Waals surface area contributed by atoms with E-state index in [-0.39, 0.29) is 0 Å². The number of hydrogen-bond donors (Lipinski definition) is 3. The molecule has 1 unspecified atom stereocenters. The third kappa shape index (κ3) is 3.48. The Morgan fingerprint density at radius 3 is 2.81 bits per heavy atom. The maximum Gasteiger partial charge on any atom is 0.232 e. The Bertz CT molecular complexity index is 1260. The molecule has 1 saturated heterocycles. The fourth-order valence-corrected chi connectivity index (χ4v) is 5.19. The van der Waals surface area contributed by atoms with E-state index < -0.39 is 0 Å². The Morgan fingerprint density at radius 2 is 1.91 bits per heavy atom. The smallest absolute Gasteiger partial charge is 0.232 e. The van der Waals surface area contributed by atoms with Gasteiger partial charge in [-0.3, -0.25) is 5.10 Å². The lowest BCUT2D eigenvalue weighted by atomic mass is 9.82. The molecule has 2 aromatic heterocycles. The molecule has 6 rings (SSSR count). The van der Waals surface area contributed by atoms with Gasteiger partial charge in [-0.2, -0.15) is 10.1 Å². The molecule has 0 bridgehead atoms. The SMILES string of the molecule is Cc1cc(Nc2ccc3[nH]ncc3c2)nc(N2CC(C3CCNCC3)c3ccccc32)n1. The summed E-state index contributed by atoms with van der Waals surface area (Å²) in [4.78, 5) is 12.1. The highest BCUT2D eigenvalue weighted by atomic mass is 15.3. The predicted octanol–water partition coefficient (Wildman–Crippen LogP) is 4.64. The monoisotopic (exact) mass is 425 g/mol. The van der Waals surface area contributed by atoms with Gasteiger partial charge in [-0.05, 0) is 68.6 Å². The minimum absolute atomic E-state index is 0.525. The van der Waals surface area contributed by atoms with Crippen LogP contribution < -0.4 is 15.5 Å². The van der Waals surface area contributed by atoms with Gasteiger partial charge in [0, 0.05) is 41.0 Å². The van der Waals surface area contributed by atoms with Crippen LogP contribution in [-0.4, -0.2) is 39.8 Å². The van der Waals surface area contributed by atoms with Crippen LogP contribution in [0.2, 0.25) is 0 Å². The van der Waals surface area contributed by atoms with E-state index in [1.807, 2.05) is 31.3 Å². The van der Waals surface area contributed by atoms with Crippen molar-refractivity contribution in [2.24, 2.45) is 5.92 Å². The molecule has 0 amide bonds. The minimum atomic E-state index is 0.525. The Morgan fingerprint density at radius 1 is 1.03 bits per heavy atom. The number of fused-ring (bicyclic) bond motifs is 2. The van der Waals surface area contributed by atoms with E-state index in [1.54, 1.807) is 0 Å². The number of nitrogens with one attached hydrogen (secondary N) is 3. The standard InChI is InChI=1S/C25H27N7/c1-16-12-24(29-19-6-7-22-18(13-19)14-27-31-22)30-25(28-16)32-15-21(17-8-10-26-11-9-17)20-4-2-3-5-23(20)32/h2-7,12-14,17,21,26H,8-11,15H2,1H3,(H,27,31)(H,28,29,30). The zero-order valence-electron chi connectivity index (χ0n) is 18.2. The van der Waals surface area contributed by atoms with Crippen molar-refractivity contribution in [3.63, 3.8) is 0 Å². The highest BCUT2D eigenvalue weighted by Crippen LogP contribution is 2.45. The molecule has 4 aromatic rings. The van der Waals surface area contributed by atoms with Gasteiger partial charge in [-0.25, -0.2) is 4.98 Å². The van der Waals surface area contributed by atoms with Gasteiger partial charge in [-0.15, -0.1) is 0 Å². The Hall–Kier alpha value is -3.45. The molecule has 7 nitrogen and oxygen atoms in total. The minimum Gasteiger partial charge on any atom is -0.340 e. The fourth-order valence-electron chi connectivity index (χ4n) is 5.19. The van der Waals surface area contributed by atoms with E-state index in [0.29, 0.717) is 11.8 Å². The number of nitrogens with zero attached hydrogens (tertiary/aromatic N) is 4. The highest BCUT2D eigenvalue weighted by molar-refractivity contribution is 5.82. The molecular weight excluding hydrogens is 398 g/mol. The number of hydrogen-bond acceptors (Lipinski definition) is 6. The van der Waals surface area contributed by atoms with E-state index >= 15 is 0 Å². The molecule has 2 aromatic carbocycles. The third-order valence-electron chi connectivity index (χ3n) is 6.76. The summed E-state index contributed by atoms with van der Waals surface area (Å²) in [6.07, 6.45) is 4.29. The summed E-state index contributed by atoms with van der Waals surface area (Å²) in [7, 11) is 0. The van der Waals surface area contributed by atoms with Gasteiger partial charge in [0.15, 0.2) is 0 Å². The molecule has 0 spiro atoms. The predicted molar refractivity (Wildman–Crippen MR) is 128 cm³/mol. The van der Waals surface area contributed by atoms with Crippen LogP contribution >= 0.6 is 0 Å².